The topological polar surface area (TPSA) is 69.7 Å². The summed E-state index contributed by atoms with van der Waals surface area (Å²) in [5, 5.41) is 0. The highest BCUT2D eigenvalue weighted by Crippen LogP contribution is 2.24. The molecule has 1 saturated heterocycles. The quantitative estimate of drug-likeness (QED) is 0.641. The highest BCUT2D eigenvalue weighted by molar-refractivity contribution is 7.89. The van der Waals surface area contributed by atoms with Gasteiger partial charge in [0.25, 0.3) is 0 Å². The molecule has 34 heavy (non-hydrogen) atoms. The Morgan fingerprint density at radius 3 is 2.29 bits per heavy atom. The average molecular weight is 484 g/mol. The average Bonchev–Trinajstić information content (AvgIpc) is 2.85. The maximum atomic E-state index is 12.8. The molecule has 0 bridgehead atoms. The molecule has 2 aromatic carbocycles. The third-order valence-corrected chi connectivity index (χ3v) is 8.87. The number of nitrogens with zero attached hydrogens (tertiary/aromatic N) is 2. The van der Waals surface area contributed by atoms with Crippen molar-refractivity contribution in [2.45, 2.75) is 69.7 Å². The van der Waals surface area contributed by atoms with E-state index in [0.29, 0.717) is 17.7 Å². The SMILES string of the molecule is Cc1cccc(N2CCN(C(=O)CCc3ccc(S(=O)(=O)NC4CCCCC4)cc3)CC2)c1C. The first-order valence-electron chi connectivity index (χ1n) is 12.5. The number of carbonyl (C=O) groups excluding carboxylic acids is 1. The second-order valence-electron chi connectivity index (χ2n) is 9.69. The highest BCUT2D eigenvalue weighted by atomic mass is 32.2. The number of benzene rings is 2. The summed E-state index contributed by atoms with van der Waals surface area (Å²) in [5.74, 6) is 0.163. The zero-order chi connectivity index (χ0) is 24.1. The Morgan fingerprint density at radius 2 is 1.62 bits per heavy atom. The zero-order valence-corrected chi connectivity index (χ0v) is 21.2. The van der Waals surface area contributed by atoms with E-state index >= 15 is 0 Å². The van der Waals surface area contributed by atoms with Gasteiger partial charge in [-0.25, -0.2) is 13.1 Å². The van der Waals surface area contributed by atoms with Crippen LogP contribution in [0.25, 0.3) is 0 Å². The van der Waals surface area contributed by atoms with Gasteiger partial charge >= 0.3 is 0 Å². The van der Waals surface area contributed by atoms with Crippen molar-refractivity contribution in [3.63, 3.8) is 0 Å². The van der Waals surface area contributed by atoms with E-state index in [1.54, 1.807) is 12.1 Å². The fourth-order valence-electron chi connectivity index (χ4n) is 5.03. The molecule has 0 unspecified atom stereocenters. The van der Waals surface area contributed by atoms with E-state index in [2.05, 4.69) is 41.7 Å². The van der Waals surface area contributed by atoms with Crippen LogP contribution >= 0.6 is 0 Å². The molecule has 1 saturated carbocycles. The van der Waals surface area contributed by atoms with Crippen LogP contribution in [0.15, 0.2) is 47.4 Å². The van der Waals surface area contributed by atoms with E-state index in [0.717, 1.165) is 57.4 Å². The molecule has 184 valence electrons. The lowest BCUT2D eigenvalue weighted by Crippen LogP contribution is -2.49. The lowest BCUT2D eigenvalue weighted by atomic mass is 9.96. The molecule has 2 aromatic rings. The number of anilines is 1. The summed E-state index contributed by atoms with van der Waals surface area (Å²) >= 11 is 0. The maximum absolute atomic E-state index is 12.8. The van der Waals surface area contributed by atoms with E-state index in [1.165, 1.54) is 23.2 Å². The monoisotopic (exact) mass is 483 g/mol. The normalized spacial score (nSPS) is 17.7. The lowest BCUT2D eigenvalue weighted by Gasteiger charge is -2.37. The van der Waals surface area contributed by atoms with Crippen molar-refractivity contribution in [1.82, 2.24) is 9.62 Å². The summed E-state index contributed by atoms with van der Waals surface area (Å²) in [5.41, 5.74) is 4.85. The van der Waals surface area contributed by atoms with E-state index in [4.69, 9.17) is 0 Å². The molecule has 1 aliphatic heterocycles. The Balaban J connectivity index is 1.26. The number of amides is 1. The first kappa shape index (κ1) is 24.7. The molecule has 4 rings (SSSR count). The van der Waals surface area contributed by atoms with Crippen LogP contribution < -0.4 is 9.62 Å². The van der Waals surface area contributed by atoms with Gasteiger partial charge in [-0.05, 0) is 68.0 Å². The first-order valence-corrected chi connectivity index (χ1v) is 14.0. The molecular formula is C27H37N3O3S. The molecule has 6 nitrogen and oxygen atoms in total. The van der Waals surface area contributed by atoms with E-state index in [9.17, 15) is 13.2 Å². The van der Waals surface area contributed by atoms with Crippen LogP contribution in [0.2, 0.25) is 0 Å². The van der Waals surface area contributed by atoms with E-state index in [1.807, 2.05) is 17.0 Å². The van der Waals surface area contributed by atoms with Gasteiger partial charge in [-0.3, -0.25) is 4.79 Å². The van der Waals surface area contributed by atoms with Gasteiger partial charge in [-0.2, -0.15) is 0 Å². The summed E-state index contributed by atoms with van der Waals surface area (Å²) in [6.07, 6.45) is 6.24. The van der Waals surface area contributed by atoms with Crippen molar-refractivity contribution < 1.29 is 13.2 Å². The van der Waals surface area contributed by atoms with Crippen LogP contribution in [0.1, 0.15) is 55.2 Å². The molecule has 1 N–H and O–H groups in total. The largest absolute Gasteiger partial charge is 0.368 e. The fourth-order valence-corrected chi connectivity index (χ4v) is 6.33. The molecule has 0 aromatic heterocycles. The number of sulfonamides is 1. The second kappa shape index (κ2) is 10.9. The summed E-state index contributed by atoms with van der Waals surface area (Å²) < 4.78 is 28.2. The van der Waals surface area contributed by atoms with Gasteiger partial charge in [0.2, 0.25) is 15.9 Å². The fraction of sp³-hybridized carbons (Fsp3) is 0.519. The van der Waals surface area contributed by atoms with Crippen molar-refractivity contribution in [2.24, 2.45) is 0 Å². The van der Waals surface area contributed by atoms with Crippen molar-refractivity contribution >= 4 is 21.6 Å². The smallest absolute Gasteiger partial charge is 0.240 e. The Labute approximate surface area is 204 Å². The van der Waals surface area contributed by atoms with E-state index in [-0.39, 0.29) is 11.9 Å². The van der Waals surface area contributed by atoms with Crippen LogP contribution in [-0.4, -0.2) is 51.4 Å². The molecule has 1 aliphatic carbocycles. The Hall–Kier alpha value is -2.38. The van der Waals surface area contributed by atoms with Gasteiger partial charge in [-0.1, -0.05) is 43.5 Å². The zero-order valence-electron chi connectivity index (χ0n) is 20.4. The third kappa shape index (κ3) is 5.99. The predicted octanol–water partition coefficient (Wildman–Crippen LogP) is 4.20. The van der Waals surface area contributed by atoms with Gasteiger partial charge in [-0.15, -0.1) is 0 Å². The van der Waals surface area contributed by atoms with Crippen LogP contribution in [0.4, 0.5) is 5.69 Å². The number of hydrogen-bond donors (Lipinski definition) is 1. The molecule has 7 heteroatoms. The minimum Gasteiger partial charge on any atom is -0.368 e. The van der Waals surface area contributed by atoms with Crippen LogP contribution in [0.3, 0.4) is 0 Å². The second-order valence-corrected chi connectivity index (χ2v) is 11.4. The molecule has 0 radical (unpaired) electrons. The van der Waals surface area contributed by atoms with Crippen molar-refractivity contribution in [3.8, 4) is 0 Å². The lowest BCUT2D eigenvalue weighted by molar-refractivity contribution is -0.131. The predicted molar refractivity (Wildman–Crippen MR) is 137 cm³/mol. The van der Waals surface area contributed by atoms with Gasteiger partial charge in [0, 0.05) is 44.3 Å². The summed E-state index contributed by atoms with van der Waals surface area (Å²) in [6, 6.07) is 13.4. The Kier molecular flexibility index (Phi) is 7.94. The maximum Gasteiger partial charge on any atom is 0.240 e. The molecule has 0 spiro atoms. The van der Waals surface area contributed by atoms with Gasteiger partial charge in [0.05, 0.1) is 4.90 Å². The summed E-state index contributed by atoms with van der Waals surface area (Å²) in [6.45, 7) is 7.44. The van der Waals surface area contributed by atoms with Gasteiger partial charge < -0.3 is 9.80 Å². The third-order valence-electron chi connectivity index (χ3n) is 7.34. The minimum absolute atomic E-state index is 0.0475. The van der Waals surface area contributed by atoms with Crippen molar-refractivity contribution in [1.29, 1.82) is 0 Å². The van der Waals surface area contributed by atoms with Crippen LogP contribution in [-0.2, 0) is 21.2 Å². The molecule has 1 amide bonds. The van der Waals surface area contributed by atoms with Crippen LogP contribution in [0.5, 0.6) is 0 Å². The molecule has 2 aliphatic rings. The Morgan fingerprint density at radius 1 is 0.941 bits per heavy atom. The molecule has 0 atom stereocenters. The highest BCUT2D eigenvalue weighted by Gasteiger charge is 2.23. The van der Waals surface area contributed by atoms with Gasteiger partial charge in [0.15, 0.2) is 0 Å². The molecular weight excluding hydrogens is 446 g/mol. The van der Waals surface area contributed by atoms with Gasteiger partial charge in [0.1, 0.15) is 0 Å². The van der Waals surface area contributed by atoms with Crippen LogP contribution in [0, 0.1) is 13.8 Å². The number of rotatable bonds is 7. The van der Waals surface area contributed by atoms with Crippen molar-refractivity contribution in [3.05, 3.63) is 59.2 Å². The standard InChI is InChI=1S/C27H37N3O3S/c1-21-7-6-10-26(22(21)2)29-17-19-30(20-18-29)27(31)16-13-23-11-14-25(15-12-23)34(32,33)28-24-8-4-3-5-9-24/h6-7,10-12,14-15,24,28H,3-5,8-9,13,16-20H2,1-2H3. The molecule has 1 heterocycles. The summed E-state index contributed by atoms with van der Waals surface area (Å²) in [7, 11) is -3.49. The summed E-state index contributed by atoms with van der Waals surface area (Å²) in [4.78, 5) is 17.4. The number of aryl methyl sites for hydroxylation is 2. The number of nitrogens with one attached hydrogen (secondary N) is 1. The first-order chi connectivity index (χ1) is 16.3. The number of carbonyl (C=O) groups is 1. The minimum atomic E-state index is -3.49. The van der Waals surface area contributed by atoms with Crippen molar-refractivity contribution in [2.75, 3.05) is 31.1 Å². The number of hydrogen-bond acceptors (Lipinski definition) is 4. The van der Waals surface area contributed by atoms with E-state index < -0.39 is 10.0 Å². The number of piperazine rings is 1. The Bertz CT molecular complexity index is 1080. The molecule has 2 fully saturated rings.